The first-order valence-electron chi connectivity index (χ1n) is 6.34. The van der Waals surface area contributed by atoms with E-state index in [9.17, 15) is 9.59 Å². The standard InChI is InChI=1S/C13H11N5O3S/c1-7-10(22-6-16-7)13(20)15-5-9-17-11(18-21-9)8-3-2-4-14-12(8)19/h2-4,6H,5H2,1H3,(H,14,19)(H,15,20). The molecule has 3 aromatic rings. The zero-order valence-corrected chi connectivity index (χ0v) is 12.3. The molecule has 0 atom stereocenters. The maximum Gasteiger partial charge on any atom is 0.263 e. The van der Waals surface area contributed by atoms with E-state index in [2.05, 4.69) is 25.4 Å². The van der Waals surface area contributed by atoms with Gasteiger partial charge in [-0.1, -0.05) is 5.16 Å². The summed E-state index contributed by atoms with van der Waals surface area (Å²) in [6, 6.07) is 3.26. The smallest absolute Gasteiger partial charge is 0.263 e. The van der Waals surface area contributed by atoms with Gasteiger partial charge in [0.2, 0.25) is 11.7 Å². The largest absolute Gasteiger partial charge is 0.342 e. The number of aromatic amines is 1. The van der Waals surface area contributed by atoms with Crippen molar-refractivity contribution in [3.05, 3.63) is 50.7 Å². The fourth-order valence-electron chi connectivity index (χ4n) is 1.79. The van der Waals surface area contributed by atoms with Gasteiger partial charge < -0.3 is 14.8 Å². The molecular weight excluding hydrogens is 306 g/mol. The van der Waals surface area contributed by atoms with Gasteiger partial charge in [0.05, 0.1) is 23.3 Å². The Bertz CT molecular complexity index is 866. The van der Waals surface area contributed by atoms with Crippen molar-refractivity contribution in [3.8, 4) is 11.4 Å². The lowest BCUT2D eigenvalue weighted by Gasteiger charge is -1.99. The van der Waals surface area contributed by atoms with Gasteiger partial charge in [-0.25, -0.2) is 4.98 Å². The molecule has 0 saturated heterocycles. The van der Waals surface area contributed by atoms with Crippen LogP contribution in [0.2, 0.25) is 0 Å². The molecule has 112 valence electrons. The van der Waals surface area contributed by atoms with Gasteiger partial charge in [-0.15, -0.1) is 11.3 Å². The Morgan fingerprint density at radius 3 is 3.09 bits per heavy atom. The van der Waals surface area contributed by atoms with E-state index < -0.39 is 0 Å². The number of amides is 1. The number of rotatable bonds is 4. The van der Waals surface area contributed by atoms with Crippen LogP contribution < -0.4 is 10.9 Å². The molecule has 0 fully saturated rings. The van der Waals surface area contributed by atoms with Crippen molar-refractivity contribution in [1.29, 1.82) is 0 Å². The molecule has 0 unspecified atom stereocenters. The summed E-state index contributed by atoms with van der Waals surface area (Å²) in [5.41, 5.74) is 2.28. The zero-order chi connectivity index (χ0) is 15.5. The molecule has 0 saturated carbocycles. The van der Waals surface area contributed by atoms with Crippen molar-refractivity contribution in [2.24, 2.45) is 0 Å². The van der Waals surface area contributed by atoms with Crippen molar-refractivity contribution in [3.63, 3.8) is 0 Å². The number of carbonyl (C=O) groups excluding carboxylic acids is 1. The number of aryl methyl sites for hydroxylation is 1. The average Bonchev–Trinajstić information content (AvgIpc) is 3.14. The molecule has 0 aliphatic heterocycles. The summed E-state index contributed by atoms with van der Waals surface area (Å²) in [5, 5.41) is 6.41. The number of H-pyrrole nitrogens is 1. The molecule has 0 aromatic carbocycles. The second kappa shape index (κ2) is 5.90. The number of thiazole rings is 1. The Labute approximate surface area is 128 Å². The van der Waals surface area contributed by atoms with E-state index in [0.29, 0.717) is 16.1 Å². The number of hydrogen-bond donors (Lipinski definition) is 2. The fourth-order valence-corrected chi connectivity index (χ4v) is 2.51. The maximum atomic E-state index is 11.9. The molecule has 2 N–H and O–H groups in total. The van der Waals surface area contributed by atoms with Crippen molar-refractivity contribution in [2.45, 2.75) is 13.5 Å². The van der Waals surface area contributed by atoms with E-state index >= 15 is 0 Å². The van der Waals surface area contributed by atoms with Gasteiger partial charge in [0.25, 0.3) is 11.5 Å². The van der Waals surface area contributed by atoms with Crippen LogP contribution in [-0.4, -0.2) is 26.0 Å². The molecule has 8 nitrogen and oxygen atoms in total. The number of hydrogen-bond acceptors (Lipinski definition) is 7. The first-order valence-corrected chi connectivity index (χ1v) is 7.22. The van der Waals surface area contributed by atoms with Crippen LogP contribution in [0.4, 0.5) is 0 Å². The Balaban J connectivity index is 1.70. The first kappa shape index (κ1) is 14.1. The zero-order valence-electron chi connectivity index (χ0n) is 11.5. The molecule has 0 radical (unpaired) electrons. The number of aromatic nitrogens is 4. The lowest BCUT2D eigenvalue weighted by Crippen LogP contribution is -2.22. The molecule has 0 aliphatic carbocycles. The summed E-state index contributed by atoms with van der Waals surface area (Å²) >= 11 is 1.26. The van der Waals surface area contributed by atoms with Gasteiger partial charge in [0, 0.05) is 6.20 Å². The van der Waals surface area contributed by atoms with Gasteiger partial charge >= 0.3 is 0 Å². The van der Waals surface area contributed by atoms with Crippen molar-refractivity contribution < 1.29 is 9.32 Å². The second-order valence-corrected chi connectivity index (χ2v) is 5.23. The van der Waals surface area contributed by atoms with Gasteiger partial charge in [-0.3, -0.25) is 9.59 Å². The van der Waals surface area contributed by atoms with Crippen molar-refractivity contribution in [1.82, 2.24) is 25.4 Å². The van der Waals surface area contributed by atoms with E-state index in [1.54, 1.807) is 24.6 Å². The number of pyridine rings is 1. The van der Waals surface area contributed by atoms with Crippen LogP contribution in [0, 0.1) is 6.92 Å². The van der Waals surface area contributed by atoms with Crippen molar-refractivity contribution >= 4 is 17.2 Å². The van der Waals surface area contributed by atoms with E-state index in [0.717, 1.165) is 0 Å². The average molecular weight is 317 g/mol. The summed E-state index contributed by atoms with van der Waals surface area (Å²) in [4.78, 5) is 34.8. The lowest BCUT2D eigenvalue weighted by molar-refractivity contribution is 0.0949. The predicted molar refractivity (Wildman–Crippen MR) is 78.4 cm³/mol. The van der Waals surface area contributed by atoms with Crippen molar-refractivity contribution in [2.75, 3.05) is 0 Å². The summed E-state index contributed by atoms with van der Waals surface area (Å²) in [6.45, 7) is 1.84. The summed E-state index contributed by atoms with van der Waals surface area (Å²) in [5.74, 6) is 0.145. The van der Waals surface area contributed by atoms with Gasteiger partial charge in [-0.2, -0.15) is 4.98 Å². The predicted octanol–water partition coefficient (Wildman–Crippen LogP) is 1.12. The molecule has 0 spiro atoms. The molecule has 22 heavy (non-hydrogen) atoms. The van der Waals surface area contributed by atoms with E-state index in [4.69, 9.17) is 4.52 Å². The SMILES string of the molecule is Cc1ncsc1C(=O)NCc1nc(-c2ccc[nH]c2=O)no1. The lowest BCUT2D eigenvalue weighted by atomic mass is 10.3. The van der Waals surface area contributed by atoms with Crippen LogP contribution in [0.3, 0.4) is 0 Å². The minimum atomic E-state index is -0.306. The molecule has 1 amide bonds. The Hall–Kier alpha value is -2.81. The molecule has 3 heterocycles. The Morgan fingerprint density at radius 2 is 2.36 bits per heavy atom. The highest BCUT2D eigenvalue weighted by Crippen LogP contribution is 2.13. The molecule has 3 aromatic heterocycles. The number of nitrogens with one attached hydrogen (secondary N) is 2. The van der Waals surface area contributed by atoms with Crippen LogP contribution in [0.5, 0.6) is 0 Å². The number of nitrogens with zero attached hydrogens (tertiary/aromatic N) is 3. The van der Waals surface area contributed by atoms with Crippen LogP contribution in [-0.2, 0) is 6.54 Å². The van der Waals surface area contributed by atoms with Crippen LogP contribution in [0.15, 0.2) is 33.2 Å². The maximum absolute atomic E-state index is 11.9. The third-order valence-corrected chi connectivity index (χ3v) is 3.81. The second-order valence-electron chi connectivity index (χ2n) is 4.37. The third kappa shape index (κ3) is 2.79. The quantitative estimate of drug-likeness (QED) is 0.745. The minimum absolute atomic E-state index is 0.0773. The molecule has 0 aliphatic rings. The third-order valence-electron chi connectivity index (χ3n) is 2.88. The molecular formula is C13H11N5O3S. The summed E-state index contributed by atoms with van der Waals surface area (Å²) in [6.07, 6.45) is 1.52. The first-order chi connectivity index (χ1) is 10.6. The highest BCUT2D eigenvalue weighted by atomic mass is 32.1. The highest BCUT2D eigenvalue weighted by molar-refractivity contribution is 7.11. The minimum Gasteiger partial charge on any atom is -0.342 e. The molecule has 9 heteroatoms. The van der Waals surface area contributed by atoms with Crippen LogP contribution in [0.1, 0.15) is 21.3 Å². The Kier molecular flexibility index (Phi) is 3.79. The van der Waals surface area contributed by atoms with Crippen LogP contribution >= 0.6 is 11.3 Å². The van der Waals surface area contributed by atoms with E-state index in [-0.39, 0.29) is 29.7 Å². The molecule has 3 rings (SSSR count). The normalized spacial score (nSPS) is 10.6. The summed E-state index contributed by atoms with van der Waals surface area (Å²) in [7, 11) is 0. The van der Waals surface area contributed by atoms with E-state index in [1.807, 2.05) is 0 Å². The van der Waals surface area contributed by atoms with Gasteiger partial charge in [0.15, 0.2) is 0 Å². The monoisotopic (exact) mass is 317 g/mol. The van der Waals surface area contributed by atoms with Gasteiger partial charge in [0.1, 0.15) is 4.88 Å². The topological polar surface area (TPSA) is 114 Å². The van der Waals surface area contributed by atoms with Gasteiger partial charge in [-0.05, 0) is 19.1 Å². The highest BCUT2D eigenvalue weighted by Gasteiger charge is 2.15. The van der Waals surface area contributed by atoms with E-state index in [1.165, 1.54) is 17.5 Å². The van der Waals surface area contributed by atoms with Crippen LogP contribution in [0.25, 0.3) is 11.4 Å². The summed E-state index contributed by atoms with van der Waals surface area (Å²) < 4.78 is 5.03. The number of carbonyl (C=O) groups is 1. The molecule has 0 bridgehead atoms. The Morgan fingerprint density at radius 1 is 1.50 bits per heavy atom. The fraction of sp³-hybridized carbons (Fsp3) is 0.154.